The minimum Gasteiger partial charge on any atom is -0.388 e. The predicted octanol–water partition coefficient (Wildman–Crippen LogP) is 5.47. The molecule has 0 fully saturated rings. The van der Waals surface area contributed by atoms with Crippen molar-refractivity contribution in [1.29, 1.82) is 0 Å². The molecule has 2 atom stereocenters. The summed E-state index contributed by atoms with van der Waals surface area (Å²) in [7, 11) is 0. The third kappa shape index (κ3) is 2.91. The van der Waals surface area contributed by atoms with E-state index < -0.39 is 11.6 Å². The standard InChI is InChI=1S/C26H21NO2/c28-24(20-15-14-18-8-4-5-9-19(18)16-20)17-26(21-10-2-1-3-11-21)25(29)22-12-6-7-13-23(22)27-26/h1-16,24,27-28H,17H2. The summed E-state index contributed by atoms with van der Waals surface area (Å²) >= 11 is 0. The average Bonchev–Trinajstić information content (AvgIpc) is 3.06. The van der Waals surface area contributed by atoms with E-state index in [4.69, 9.17) is 0 Å². The third-order valence-electron chi connectivity index (χ3n) is 5.83. The first-order valence-electron chi connectivity index (χ1n) is 9.82. The van der Waals surface area contributed by atoms with Crippen LogP contribution in [0.5, 0.6) is 0 Å². The van der Waals surface area contributed by atoms with E-state index in [-0.39, 0.29) is 12.2 Å². The number of aliphatic hydroxyl groups is 1. The fourth-order valence-electron chi connectivity index (χ4n) is 4.32. The highest BCUT2D eigenvalue weighted by molar-refractivity contribution is 6.13. The van der Waals surface area contributed by atoms with Gasteiger partial charge in [0.2, 0.25) is 0 Å². The van der Waals surface area contributed by atoms with Crippen LogP contribution in [0.2, 0.25) is 0 Å². The Hall–Kier alpha value is -3.43. The van der Waals surface area contributed by atoms with E-state index in [1.807, 2.05) is 91.0 Å². The van der Waals surface area contributed by atoms with Crippen LogP contribution in [0.3, 0.4) is 0 Å². The molecule has 29 heavy (non-hydrogen) atoms. The maximum absolute atomic E-state index is 13.5. The molecule has 5 rings (SSSR count). The molecule has 0 saturated carbocycles. The second kappa shape index (κ2) is 6.87. The second-order valence-corrected chi connectivity index (χ2v) is 7.60. The zero-order chi connectivity index (χ0) is 19.8. The highest BCUT2D eigenvalue weighted by Gasteiger charge is 2.47. The molecular formula is C26H21NO2. The molecule has 2 N–H and O–H groups in total. The van der Waals surface area contributed by atoms with Gasteiger partial charge in [0.1, 0.15) is 5.54 Å². The van der Waals surface area contributed by atoms with Gasteiger partial charge in [0, 0.05) is 17.7 Å². The zero-order valence-electron chi connectivity index (χ0n) is 15.9. The molecule has 4 aromatic carbocycles. The summed E-state index contributed by atoms with van der Waals surface area (Å²) < 4.78 is 0. The first-order chi connectivity index (χ1) is 14.2. The van der Waals surface area contributed by atoms with Crippen molar-refractivity contribution >= 4 is 22.2 Å². The van der Waals surface area contributed by atoms with Gasteiger partial charge in [-0.15, -0.1) is 0 Å². The summed E-state index contributed by atoms with van der Waals surface area (Å²) in [6.45, 7) is 0. The molecule has 0 spiro atoms. The molecule has 1 heterocycles. The number of hydrogen-bond donors (Lipinski definition) is 2. The Bertz CT molecular complexity index is 1200. The van der Waals surface area contributed by atoms with E-state index >= 15 is 0 Å². The lowest BCUT2D eigenvalue weighted by molar-refractivity contribution is 0.0823. The van der Waals surface area contributed by atoms with Crippen LogP contribution in [0.15, 0.2) is 97.1 Å². The zero-order valence-corrected chi connectivity index (χ0v) is 15.9. The smallest absolute Gasteiger partial charge is 0.194 e. The molecule has 4 aromatic rings. The highest BCUT2D eigenvalue weighted by Crippen LogP contribution is 2.44. The molecule has 1 aliphatic rings. The fraction of sp³-hybridized carbons (Fsp3) is 0.115. The summed E-state index contributed by atoms with van der Waals surface area (Å²) in [5.41, 5.74) is 2.16. The first-order valence-corrected chi connectivity index (χ1v) is 9.82. The van der Waals surface area contributed by atoms with E-state index in [0.717, 1.165) is 27.6 Å². The molecule has 3 heteroatoms. The van der Waals surface area contributed by atoms with E-state index in [1.54, 1.807) is 0 Å². The quantitative estimate of drug-likeness (QED) is 0.494. The van der Waals surface area contributed by atoms with Crippen molar-refractivity contribution in [2.45, 2.75) is 18.1 Å². The van der Waals surface area contributed by atoms with Crippen LogP contribution < -0.4 is 5.32 Å². The Morgan fingerprint density at radius 2 is 1.48 bits per heavy atom. The fourth-order valence-corrected chi connectivity index (χ4v) is 4.32. The SMILES string of the molecule is O=C1c2ccccc2NC1(CC(O)c1ccc2ccccc2c1)c1ccccc1. The molecule has 0 aliphatic carbocycles. The summed E-state index contributed by atoms with van der Waals surface area (Å²) in [6, 6.07) is 31.3. The van der Waals surface area contributed by atoms with Gasteiger partial charge in [0.15, 0.2) is 5.78 Å². The van der Waals surface area contributed by atoms with Crippen molar-refractivity contribution in [2.75, 3.05) is 5.32 Å². The van der Waals surface area contributed by atoms with Crippen LogP contribution in [0.25, 0.3) is 10.8 Å². The van der Waals surface area contributed by atoms with Gasteiger partial charge in [-0.05, 0) is 40.1 Å². The number of carbonyl (C=O) groups excluding carboxylic acids is 1. The van der Waals surface area contributed by atoms with Gasteiger partial charge in [-0.2, -0.15) is 0 Å². The lowest BCUT2D eigenvalue weighted by Gasteiger charge is -2.31. The van der Waals surface area contributed by atoms with Crippen molar-refractivity contribution in [3.8, 4) is 0 Å². The molecular weight excluding hydrogens is 358 g/mol. The van der Waals surface area contributed by atoms with E-state index in [1.165, 1.54) is 0 Å². The molecule has 0 radical (unpaired) electrons. The largest absolute Gasteiger partial charge is 0.388 e. The maximum Gasteiger partial charge on any atom is 0.194 e. The van der Waals surface area contributed by atoms with Crippen LogP contribution in [0, 0.1) is 0 Å². The van der Waals surface area contributed by atoms with Gasteiger partial charge in [-0.3, -0.25) is 4.79 Å². The average molecular weight is 379 g/mol. The Labute approximate surface area is 169 Å². The van der Waals surface area contributed by atoms with E-state index in [9.17, 15) is 9.90 Å². The number of hydrogen-bond acceptors (Lipinski definition) is 3. The molecule has 3 nitrogen and oxygen atoms in total. The second-order valence-electron chi connectivity index (χ2n) is 7.60. The van der Waals surface area contributed by atoms with E-state index in [2.05, 4.69) is 11.4 Å². The number of fused-ring (bicyclic) bond motifs is 2. The topological polar surface area (TPSA) is 49.3 Å². The van der Waals surface area contributed by atoms with Crippen molar-refractivity contribution in [2.24, 2.45) is 0 Å². The predicted molar refractivity (Wildman–Crippen MR) is 116 cm³/mol. The van der Waals surface area contributed by atoms with Gasteiger partial charge in [-0.1, -0.05) is 78.9 Å². The summed E-state index contributed by atoms with van der Waals surface area (Å²) in [6.07, 6.45) is -0.534. The summed E-state index contributed by atoms with van der Waals surface area (Å²) in [4.78, 5) is 13.5. The number of carbonyl (C=O) groups is 1. The van der Waals surface area contributed by atoms with Crippen LogP contribution in [-0.2, 0) is 5.54 Å². The van der Waals surface area contributed by atoms with Gasteiger partial charge in [0.25, 0.3) is 0 Å². The van der Waals surface area contributed by atoms with Gasteiger partial charge in [-0.25, -0.2) is 0 Å². The molecule has 0 aromatic heterocycles. The lowest BCUT2D eigenvalue weighted by atomic mass is 9.80. The number of Topliss-reactive ketones (excluding diaryl/α,β-unsaturated/α-hetero) is 1. The van der Waals surface area contributed by atoms with E-state index in [0.29, 0.717) is 5.56 Å². The normalized spacial score (nSPS) is 19.0. The molecule has 2 unspecified atom stereocenters. The summed E-state index contributed by atoms with van der Waals surface area (Å²) in [5, 5.41) is 16.8. The minimum atomic E-state index is -0.990. The highest BCUT2D eigenvalue weighted by atomic mass is 16.3. The maximum atomic E-state index is 13.5. The van der Waals surface area contributed by atoms with Gasteiger partial charge < -0.3 is 10.4 Å². The molecule has 0 amide bonds. The Balaban J connectivity index is 1.57. The number of benzene rings is 4. The number of aliphatic hydroxyl groups excluding tert-OH is 1. The van der Waals surface area contributed by atoms with Crippen LogP contribution in [-0.4, -0.2) is 10.9 Å². The van der Waals surface area contributed by atoms with Crippen molar-refractivity contribution in [3.05, 3.63) is 114 Å². The number of anilines is 1. The Kier molecular flexibility index (Phi) is 4.18. The van der Waals surface area contributed by atoms with Crippen LogP contribution in [0.1, 0.15) is 34.0 Å². The third-order valence-corrected chi connectivity index (χ3v) is 5.83. The molecule has 0 bridgehead atoms. The number of para-hydroxylation sites is 1. The number of rotatable bonds is 4. The first kappa shape index (κ1) is 17.7. The van der Waals surface area contributed by atoms with Crippen LogP contribution >= 0.6 is 0 Å². The lowest BCUT2D eigenvalue weighted by Crippen LogP contribution is -2.40. The van der Waals surface area contributed by atoms with Gasteiger partial charge in [0.05, 0.1) is 6.10 Å². The Morgan fingerprint density at radius 3 is 2.28 bits per heavy atom. The molecule has 142 valence electrons. The Morgan fingerprint density at radius 1 is 0.793 bits per heavy atom. The summed E-state index contributed by atoms with van der Waals surface area (Å²) in [5.74, 6) is -0.000797. The van der Waals surface area contributed by atoms with Gasteiger partial charge >= 0.3 is 0 Å². The number of nitrogens with one attached hydrogen (secondary N) is 1. The monoisotopic (exact) mass is 379 g/mol. The van der Waals surface area contributed by atoms with Crippen LogP contribution in [0.4, 0.5) is 5.69 Å². The van der Waals surface area contributed by atoms with Crippen molar-refractivity contribution in [1.82, 2.24) is 0 Å². The van der Waals surface area contributed by atoms with Crippen molar-refractivity contribution < 1.29 is 9.90 Å². The van der Waals surface area contributed by atoms with Crippen molar-refractivity contribution in [3.63, 3.8) is 0 Å². The molecule has 0 saturated heterocycles. The minimum absolute atomic E-state index is 0.000797. The number of ketones is 1. The molecule has 1 aliphatic heterocycles.